The SMILES string of the molecule is C=C(CCNC(=O)[C@@H]1C[C@@H](O)c2cc(Cl)ccc2O1)n1cc([C@H]2C[C@@H](OC(F)(F)F)C2)cn1. The zero-order valence-electron chi connectivity index (χ0n) is 17.5. The second-order valence-corrected chi connectivity index (χ2v) is 8.66. The molecule has 2 aliphatic rings. The molecule has 11 heteroatoms. The molecule has 1 aromatic carbocycles. The molecule has 2 N–H and O–H groups in total. The van der Waals surface area contributed by atoms with Crippen molar-refractivity contribution in [3.8, 4) is 5.75 Å². The van der Waals surface area contributed by atoms with Crippen molar-refractivity contribution in [2.75, 3.05) is 6.54 Å². The fourth-order valence-corrected chi connectivity index (χ4v) is 4.16. The number of amides is 1. The Balaban J connectivity index is 1.22. The molecule has 1 aliphatic heterocycles. The van der Waals surface area contributed by atoms with Crippen molar-refractivity contribution in [3.05, 3.63) is 53.3 Å². The number of aliphatic hydroxyl groups is 1. The van der Waals surface area contributed by atoms with Crippen LogP contribution in [-0.2, 0) is 9.53 Å². The lowest BCUT2D eigenvalue weighted by Gasteiger charge is -2.34. The minimum atomic E-state index is -4.61. The van der Waals surface area contributed by atoms with Gasteiger partial charge in [-0.15, -0.1) is 13.2 Å². The molecule has 4 rings (SSSR count). The first-order chi connectivity index (χ1) is 15.6. The summed E-state index contributed by atoms with van der Waals surface area (Å²) in [6.45, 7) is 4.24. The zero-order chi connectivity index (χ0) is 23.8. The van der Waals surface area contributed by atoms with Crippen molar-refractivity contribution in [2.45, 2.75) is 56.3 Å². The molecule has 2 heterocycles. The lowest BCUT2D eigenvalue weighted by molar-refractivity contribution is -0.351. The fourth-order valence-electron chi connectivity index (χ4n) is 3.98. The maximum absolute atomic E-state index is 12.5. The summed E-state index contributed by atoms with van der Waals surface area (Å²) in [5.41, 5.74) is 2.00. The molecule has 0 saturated heterocycles. The molecule has 1 aliphatic carbocycles. The molecule has 1 aromatic heterocycles. The lowest BCUT2D eigenvalue weighted by atomic mass is 9.79. The molecule has 1 amide bonds. The molecular formula is C22H23ClF3N3O4. The van der Waals surface area contributed by atoms with Gasteiger partial charge in [0.15, 0.2) is 6.10 Å². The van der Waals surface area contributed by atoms with E-state index in [0.29, 0.717) is 28.5 Å². The molecule has 7 nitrogen and oxygen atoms in total. The normalized spacial score (nSPS) is 24.4. The van der Waals surface area contributed by atoms with Crippen LogP contribution in [0.5, 0.6) is 5.75 Å². The van der Waals surface area contributed by atoms with Gasteiger partial charge in [0.1, 0.15) is 5.75 Å². The van der Waals surface area contributed by atoms with Crippen molar-refractivity contribution < 1.29 is 32.5 Å². The molecule has 0 bridgehead atoms. The molecule has 0 unspecified atom stereocenters. The van der Waals surface area contributed by atoms with Crippen molar-refractivity contribution in [3.63, 3.8) is 0 Å². The number of aromatic nitrogens is 2. The van der Waals surface area contributed by atoms with Crippen LogP contribution in [0.25, 0.3) is 5.70 Å². The van der Waals surface area contributed by atoms with Gasteiger partial charge in [-0.05, 0) is 42.5 Å². The van der Waals surface area contributed by atoms with Gasteiger partial charge in [-0.2, -0.15) is 5.10 Å². The number of fused-ring (bicyclic) bond motifs is 1. The van der Waals surface area contributed by atoms with Crippen LogP contribution in [-0.4, -0.2) is 45.9 Å². The largest absolute Gasteiger partial charge is 0.522 e. The Morgan fingerprint density at radius 1 is 1.36 bits per heavy atom. The van der Waals surface area contributed by atoms with Crippen LogP contribution in [0.1, 0.15) is 48.8 Å². The number of rotatable bonds is 7. The number of hydrogen-bond donors (Lipinski definition) is 2. The Kier molecular flexibility index (Phi) is 6.69. The summed E-state index contributed by atoms with van der Waals surface area (Å²) >= 11 is 5.94. The topological polar surface area (TPSA) is 85.6 Å². The van der Waals surface area contributed by atoms with Gasteiger partial charge >= 0.3 is 6.36 Å². The van der Waals surface area contributed by atoms with Gasteiger partial charge in [0, 0.05) is 41.9 Å². The Labute approximate surface area is 193 Å². The van der Waals surface area contributed by atoms with Gasteiger partial charge in [0.2, 0.25) is 0 Å². The van der Waals surface area contributed by atoms with E-state index in [4.69, 9.17) is 16.3 Å². The number of nitrogens with zero attached hydrogens (tertiary/aromatic N) is 2. The van der Waals surface area contributed by atoms with Gasteiger partial charge < -0.3 is 15.2 Å². The first kappa shape index (κ1) is 23.6. The van der Waals surface area contributed by atoms with E-state index >= 15 is 0 Å². The third kappa shape index (κ3) is 5.69. The molecule has 1 fully saturated rings. The average molecular weight is 486 g/mol. The average Bonchev–Trinajstić information content (AvgIpc) is 3.19. The number of alkyl halides is 3. The van der Waals surface area contributed by atoms with E-state index in [-0.39, 0.29) is 37.6 Å². The highest BCUT2D eigenvalue weighted by Crippen LogP contribution is 2.41. The minimum absolute atomic E-state index is 0.0359. The van der Waals surface area contributed by atoms with E-state index < -0.39 is 24.7 Å². The summed E-state index contributed by atoms with van der Waals surface area (Å²) < 4.78 is 48.0. The number of carbonyl (C=O) groups is 1. The van der Waals surface area contributed by atoms with Gasteiger partial charge in [-0.3, -0.25) is 9.53 Å². The first-order valence-corrected chi connectivity index (χ1v) is 10.9. The number of ether oxygens (including phenoxy) is 2. The van der Waals surface area contributed by atoms with Gasteiger partial charge in [-0.25, -0.2) is 4.68 Å². The van der Waals surface area contributed by atoms with Gasteiger partial charge in [0.25, 0.3) is 5.91 Å². The summed E-state index contributed by atoms with van der Waals surface area (Å²) in [6.07, 6.45) is -2.68. The predicted octanol–water partition coefficient (Wildman–Crippen LogP) is 4.18. The monoisotopic (exact) mass is 485 g/mol. The van der Waals surface area contributed by atoms with Crippen LogP contribution >= 0.6 is 11.6 Å². The highest BCUT2D eigenvalue weighted by molar-refractivity contribution is 6.30. The van der Waals surface area contributed by atoms with Crippen LogP contribution in [0.4, 0.5) is 13.2 Å². The number of nitrogens with one attached hydrogen (secondary N) is 1. The summed E-state index contributed by atoms with van der Waals surface area (Å²) in [7, 11) is 0. The lowest BCUT2D eigenvalue weighted by Crippen LogP contribution is -2.41. The van der Waals surface area contributed by atoms with Crippen LogP contribution in [0.3, 0.4) is 0 Å². The van der Waals surface area contributed by atoms with Crippen molar-refractivity contribution >= 4 is 23.2 Å². The Morgan fingerprint density at radius 3 is 2.85 bits per heavy atom. The second kappa shape index (κ2) is 9.36. The van der Waals surface area contributed by atoms with Crippen molar-refractivity contribution in [1.29, 1.82) is 0 Å². The summed E-state index contributed by atoms with van der Waals surface area (Å²) in [4.78, 5) is 12.5. The molecule has 2 aromatic rings. The molecule has 0 spiro atoms. The maximum atomic E-state index is 12.5. The summed E-state index contributed by atoms with van der Waals surface area (Å²) in [5, 5.41) is 17.8. The number of aliphatic hydroxyl groups excluding tert-OH is 1. The molecular weight excluding hydrogens is 463 g/mol. The standard InChI is InChI=1S/C22H23ClF3N3O4/c1-12(29-11-14(10-28-29)13-6-16(7-13)33-22(24,25)26)4-5-27-21(31)20-9-18(30)17-8-15(23)2-3-19(17)32-20/h2-3,8,10-11,13,16,18,20,30H,1,4-7,9H2,(H,27,31)/t13-,16+,18-,20+/m1/s1. The van der Waals surface area contributed by atoms with Gasteiger partial charge in [0.05, 0.1) is 18.4 Å². The zero-order valence-corrected chi connectivity index (χ0v) is 18.3. The Morgan fingerprint density at radius 2 is 2.12 bits per heavy atom. The summed E-state index contributed by atoms with van der Waals surface area (Å²) in [5.74, 6) is 0.0330. The molecule has 0 radical (unpaired) electrons. The maximum Gasteiger partial charge on any atom is 0.522 e. The highest BCUT2D eigenvalue weighted by Gasteiger charge is 2.41. The quantitative estimate of drug-likeness (QED) is 0.614. The Hall–Kier alpha value is -2.56. The van der Waals surface area contributed by atoms with Gasteiger partial charge in [-0.1, -0.05) is 18.2 Å². The summed E-state index contributed by atoms with van der Waals surface area (Å²) in [6, 6.07) is 4.87. The van der Waals surface area contributed by atoms with E-state index in [1.807, 2.05) is 0 Å². The van der Waals surface area contributed by atoms with E-state index in [1.165, 1.54) is 0 Å². The van der Waals surface area contributed by atoms with Crippen LogP contribution in [0.15, 0.2) is 37.2 Å². The van der Waals surface area contributed by atoms with Crippen LogP contribution in [0.2, 0.25) is 5.02 Å². The third-order valence-corrected chi connectivity index (χ3v) is 6.07. The fraction of sp³-hybridized carbons (Fsp3) is 0.455. The number of halogens is 4. The smallest absolute Gasteiger partial charge is 0.480 e. The first-order valence-electron chi connectivity index (χ1n) is 10.5. The van der Waals surface area contributed by atoms with Crippen molar-refractivity contribution in [1.82, 2.24) is 15.1 Å². The molecule has 1 saturated carbocycles. The number of benzene rings is 1. The van der Waals surface area contributed by atoms with E-state index in [9.17, 15) is 23.1 Å². The second-order valence-electron chi connectivity index (χ2n) is 8.22. The third-order valence-electron chi connectivity index (χ3n) is 5.84. The predicted molar refractivity (Wildman–Crippen MR) is 114 cm³/mol. The van der Waals surface area contributed by atoms with E-state index in [2.05, 4.69) is 21.7 Å². The van der Waals surface area contributed by atoms with Crippen molar-refractivity contribution in [2.24, 2.45) is 0 Å². The highest BCUT2D eigenvalue weighted by atomic mass is 35.5. The number of carbonyl (C=O) groups excluding carboxylic acids is 1. The molecule has 178 valence electrons. The Bertz CT molecular complexity index is 1040. The molecule has 2 atom stereocenters. The molecule has 33 heavy (non-hydrogen) atoms. The van der Waals surface area contributed by atoms with Crippen LogP contribution in [0, 0.1) is 0 Å². The minimum Gasteiger partial charge on any atom is -0.480 e. The van der Waals surface area contributed by atoms with E-state index in [0.717, 1.165) is 5.56 Å². The van der Waals surface area contributed by atoms with E-state index in [1.54, 1.807) is 35.3 Å². The number of hydrogen-bond acceptors (Lipinski definition) is 5. The van der Waals surface area contributed by atoms with Crippen LogP contribution < -0.4 is 10.1 Å².